The van der Waals surface area contributed by atoms with Crippen molar-refractivity contribution in [1.29, 1.82) is 0 Å². The average Bonchev–Trinajstić information content (AvgIpc) is 2.89. The van der Waals surface area contributed by atoms with Crippen LogP contribution in [0.25, 0.3) is 0 Å². The highest BCUT2D eigenvalue weighted by atomic mass is 35.5. The maximum Gasteiger partial charge on any atom is 0.339 e. The second-order valence-corrected chi connectivity index (χ2v) is 5.12. The van der Waals surface area contributed by atoms with E-state index in [1.807, 2.05) is 0 Å². The molecule has 0 saturated heterocycles. The molecule has 0 radical (unpaired) electrons. The van der Waals surface area contributed by atoms with Crippen molar-refractivity contribution in [1.82, 2.24) is 10.3 Å². The van der Waals surface area contributed by atoms with Crippen LogP contribution in [0.4, 0.5) is 10.5 Å². The minimum Gasteiger partial charge on any atom is -0.478 e. The van der Waals surface area contributed by atoms with Crippen LogP contribution in [-0.2, 0) is 6.54 Å². The Morgan fingerprint density at radius 1 is 1.40 bits per heavy atom. The zero-order chi connectivity index (χ0) is 14.5. The van der Waals surface area contributed by atoms with Gasteiger partial charge in [0.2, 0.25) is 0 Å². The second-order valence-electron chi connectivity index (χ2n) is 3.74. The second kappa shape index (κ2) is 6.36. The molecule has 2 aromatic rings. The zero-order valence-electron chi connectivity index (χ0n) is 10.1. The molecule has 20 heavy (non-hydrogen) atoms. The maximum atomic E-state index is 11.7. The number of nitrogens with one attached hydrogen (secondary N) is 2. The van der Waals surface area contributed by atoms with Gasteiger partial charge in [-0.15, -0.1) is 11.3 Å². The summed E-state index contributed by atoms with van der Waals surface area (Å²) in [6.07, 6.45) is 1.65. The van der Waals surface area contributed by atoms with Crippen LogP contribution >= 0.6 is 22.9 Å². The molecule has 0 spiro atoms. The number of aromatic carboxylic acids is 1. The third-order valence-electron chi connectivity index (χ3n) is 2.38. The summed E-state index contributed by atoms with van der Waals surface area (Å²) >= 11 is 7.22. The first-order valence-corrected chi connectivity index (χ1v) is 6.77. The molecule has 0 aliphatic carbocycles. The molecule has 0 unspecified atom stereocenters. The summed E-state index contributed by atoms with van der Waals surface area (Å²) in [6.45, 7) is 0.319. The van der Waals surface area contributed by atoms with Gasteiger partial charge in [0.25, 0.3) is 0 Å². The van der Waals surface area contributed by atoms with Crippen molar-refractivity contribution in [2.45, 2.75) is 6.54 Å². The monoisotopic (exact) mass is 311 g/mol. The molecule has 3 N–H and O–H groups in total. The van der Waals surface area contributed by atoms with E-state index in [0.29, 0.717) is 6.54 Å². The van der Waals surface area contributed by atoms with Crippen molar-refractivity contribution in [3.63, 3.8) is 0 Å². The Morgan fingerprint density at radius 2 is 2.20 bits per heavy atom. The molecule has 1 aromatic heterocycles. The summed E-state index contributed by atoms with van der Waals surface area (Å²) in [6, 6.07) is 3.98. The maximum absolute atomic E-state index is 11.7. The third kappa shape index (κ3) is 3.46. The summed E-state index contributed by atoms with van der Waals surface area (Å²) < 4.78 is 0. The first-order chi connectivity index (χ1) is 9.58. The molecule has 0 atom stereocenters. The minimum atomic E-state index is -1.20. The smallest absolute Gasteiger partial charge is 0.339 e. The lowest BCUT2D eigenvalue weighted by molar-refractivity contribution is 0.0698. The molecule has 0 bridgehead atoms. The van der Waals surface area contributed by atoms with E-state index in [2.05, 4.69) is 15.6 Å². The van der Waals surface area contributed by atoms with E-state index in [1.165, 1.54) is 23.5 Å². The molecule has 0 aliphatic heterocycles. The van der Waals surface area contributed by atoms with Gasteiger partial charge < -0.3 is 15.7 Å². The van der Waals surface area contributed by atoms with E-state index < -0.39 is 12.0 Å². The fourth-order valence-electron chi connectivity index (χ4n) is 1.51. The lowest BCUT2D eigenvalue weighted by Gasteiger charge is -2.10. The molecule has 2 amide bonds. The average molecular weight is 312 g/mol. The van der Waals surface area contributed by atoms with Gasteiger partial charge in [-0.3, -0.25) is 4.98 Å². The minimum absolute atomic E-state index is 0.0674. The highest BCUT2D eigenvalue weighted by Crippen LogP contribution is 2.24. The number of amides is 2. The largest absolute Gasteiger partial charge is 0.478 e. The topological polar surface area (TPSA) is 91.3 Å². The van der Waals surface area contributed by atoms with Crippen molar-refractivity contribution in [3.8, 4) is 0 Å². The van der Waals surface area contributed by atoms with E-state index in [-0.39, 0.29) is 16.3 Å². The number of carboxylic acid groups (broad SMARTS) is 1. The van der Waals surface area contributed by atoms with Gasteiger partial charge in [-0.25, -0.2) is 9.59 Å². The van der Waals surface area contributed by atoms with E-state index in [1.54, 1.807) is 17.8 Å². The van der Waals surface area contributed by atoms with Crippen LogP contribution in [-0.4, -0.2) is 22.1 Å². The Morgan fingerprint density at radius 3 is 2.85 bits per heavy atom. The number of hydrogen-bond acceptors (Lipinski definition) is 4. The van der Waals surface area contributed by atoms with Crippen molar-refractivity contribution in [2.24, 2.45) is 0 Å². The summed E-state index contributed by atoms with van der Waals surface area (Å²) in [7, 11) is 0. The fraction of sp³-hybridized carbons (Fsp3) is 0.0833. The van der Waals surface area contributed by atoms with Crippen LogP contribution in [0.5, 0.6) is 0 Å². The Kier molecular flexibility index (Phi) is 4.54. The number of carbonyl (C=O) groups is 2. The van der Waals surface area contributed by atoms with Gasteiger partial charge in [-0.05, 0) is 12.1 Å². The molecule has 8 heteroatoms. The predicted molar refractivity (Wildman–Crippen MR) is 76.4 cm³/mol. The number of anilines is 1. The zero-order valence-corrected chi connectivity index (χ0v) is 11.7. The number of thiazole rings is 1. The number of benzene rings is 1. The van der Waals surface area contributed by atoms with Crippen LogP contribution in [0.2, 0.25) is 5.02 Å². The fourth-order valence-corrected chi connectivity index (χ4v) is 2.30. The lowest BCUT2D eigenvalue weighted by atomic mass is 10.2. The van der Waals surface area contributed by atoms with Gasteiger partial charge in [-0.2, -0.15) is 0 Å². The van der Waals surface area contributed by atoms with Crippen molar-refractivity contribution < 1.29 is 14.7 Å². The van der Waals surface area contributed by atoms with Crippen LogP contribution in [0.15, 0.2) is 29.9 Å². The molecular formula is C12H10ClN3O3S. The van der Waals surface area contributed by atoms with Gasteiger partial charge in [-0.1, -0.05) is 17.7 Å². The number of rotatable bonds is 4. The first-order valence-electron chi connectivity index (χ1n) is 5.52. The van der Waals surface area contributed by atoms with Gasteiger partial charge in [0.15, 0.2) is 0 Å². The van der Waals surface area contributed by atoms with Crippen molar-refractivity contribution in [3.05, 3.63) is 45.4 Å². The SMILES string of the molecule is O=C(NCc1cncs1)Nc1cccc(Cl)c1C(=O)O. The van der Waals surface area contributed by atoms with E-state index in [9.17, 15) is 9.59 Å². The van der Waals surface area contributed by atoms with Crippen molar-refractivity contribution >= 4 is 40.6 Å². The van der Waals surface area contributed by atoms with E-state index >= 15 is 0 Å². The normalized spacial score (nSPS) is 10.1. The highest BCUT2D eigenvalue weighted by Gasteiger charge is 2.15. The van der Waals surface area contributed by atoms with Gasteiger partial charge >= 0.3 is 12.0 Å². The molecule has 0 fully saturated rings. The molecule has 2 rings (SSSR count). The number of halogens is 1. The molecular weight excluding hydrogens is 302 g/mol. The Labute approximate surface area is 123 Å². The molecule has 0 saturated carbocycles. The molecule has 1 aromatic carbocycles. The van der Waals surface area contributed by atoms with Crippen LogP contribution in [0.1, 0.15) is 15.2 Å². The molecule has 0 aliphatic rings. The van der Waals surface area contributed by atoms with Gasteiger partial charge in [0.05, 0.1) is 22.8 Å². The Hall–Kier alpha value is -2.12. The number of hydrogen-bond donors (Lipinski definition) is 3. The summed E-state index contributed by atoms with van der Waals surface area (Å²) in [4.78, 5) is 27.6. The van der Waals surface area contributed by atoms with Crippen LogP contribution < -0.4 is 10.6 Å². The van der Waals surface area contributed by atoms with E-state index in [0.717, 1.165) is 4.88 Å². The van der Waals surface area contributed by atoms with Gasteiger partial charge in [0.1, 0.15) is 5.56 Å². The standard InChI is InChI=1S/C12H10ClN3O3S/c13-8-2-1-3-9(10(8)11(17)18)16-12(19)15-5-7-4-14-6-20-7/h1-4,6H,5H2,(H,17,18)(H2,15,16,19). The van der Waals surface area contributed by atoms with Crippen LogP contribution in [0.3, 0.4) is 0 Å². The third-order valence-corrected chi connectivity index (χ3v) is 3.48. The quantitative estimate of drug-likeness (QED) is 0.809. The summed E-state index contributed by atoms with van der Waals surface area (Å²) in [5.74, 6) is -1.20. The predicted octanol–water partition coefficient (Wildman–Crippen LogP) is 2.82. The summed E-state index contributed by atoms with van der Waals surface area (Å²) in [5, 5.41) is 14.2. The molecule has 1 heterocycles. The van der Waals surface area contributed by atoms with Gasteiger partial charge in [0, 0.05) is 11.1 Å². The Balaban J connectivity index is 2.04. The number of carbonyl (C=O) groups excluding carboxylic acids is 1. The number of carboxylic acids is 1. The first kappa shape index (κ1) is 14.3. The number of aromatic nitrogens is 1. The number of nitrogens with zero attached hydrogens (tertiary/aromatic N) is 1. The Bertz CT molecular complexity index is 631. The lowest BCUT2D eigenvalue weighted by Crippen LogP contribution is -2.28. The number of urea groups is 1. The van der Waals surface area contributed by atoms with Crippen molar-refractivity contribution in [2.75, 3.05) is 5.32 Å². The van der Waals surface area contributed by atoms with E-state index in [4.69, 9.17) is 16.7 Å². The van der Waals surface area contributed by atoms with Crippen LogP contribution in [0, 0.1) is 0 Å². The summed E-state index contributed by atoms with van der Waals surface area (Å²) in [5.41, 5.74) is 1.67. The highest BCUT2D eigenvalue weighted by molar-refractivity contribution is 7.09. The molecule has 6 nitrogen and oxygen atoms in total. The molecule has 104 valence electrons.